The fourth-order valence-electron chi connectivity index (χ4n) is 2.00. The zero-order chi connectivity index (χ0) is 11.3. The van der Waals surface area contributed by atoms with Gasteiger partial charge in [0.05, 0.1) is 25.4 Å². The predicted octanol–water partition coefficient (Wildman–Crippen LogP) is 1.98. The molecule has 1 aliphatic rings. The lowest BCUT2D eigenvalue weighted by atomic mass is 9.89. The third-order valence-electron chi connectivity index (χ3n) is 3.13. The van der Waals surface area contributed by atoms with Gasteiger partial charge >= 0.3 is 0 Å². The molecule has 0 aromatic carbocycles. The first-order valence-electron chi connectivity index (χ1n) is 5.95. The van der Waals surface area contributed by atoms with Crippen LogP contribution in [-0.2, 0) is 9.47 Å². The maximum absolute atomic E-state index is 9.95. The first-order chi connectivity index (χ1) is 7.08. The van der Waals surface area contributed by atoms with Gasteiger partial charge in [0, 0.05) is 6.61 Å². The van der Waals surface area contributed by atoms with E-state index in [1.54, 1.807) is 0 Å². The molecule has 0 aliphatic heterocycles. The lowest BCUT2D eigenvalue weighted by Crippen LogP contribution is -2.33. The fraction of sp³-hybridized carbons (Fsp3) is 1.00. The molecule has 3 nitrogen and oxygen atoms in total. The van der Waals surface area contributed by atoms with Gasteiger partial charge in [-0.1, -0.05) is 20.8 Å². The molecule has 0 radical (unpaired) electrons. The summed E-state index contributed by atoms with van der Waals surface area (Å²) in [6.45, 7) is 8.30. The van der Waals surface area contributed by atoms with Crippen LogP contribution in [0.1, 0.15) is 40.0 Å². The van der Waals surface area contributed by atoms with Crippen LogP contribution in [0.25, 0.3) is 0 Å². The molecule has 0 heterocycles. The van der Waals surface area contributed by atoms with Crippen molar-refractivity contribution in [1.82, 2.24) is 0 Å². The highest BCUT2D eigenvalue weighted by Gasteiger charge is 2.41. The zero-order valence-corrected chi connectivity index (χ0v) is 10.2. The second-order valence-electron chi connectivity index (χ2n) is 4.99. The van der Waals surface area contributed by atoms with Gasteiger partial charge in [0.15, 0.2) is 0 Å². The van der Waals surface area contributed by atoms with E-state index in [2.05, 4.69) is 20.8 Å². The average molecular weight is 216 g/mol. The molecule has 0 spiro atoms. The summed E-state index contributed by atoms with van der Waals surface area (Å²) in [7, 11) is 0. The van der Waals surface area contributed by atoms with Crippen molar-refractivity contribution in [2.75, 3.05) is 19.8 Å². The molecule has 3 heteroatoms. The summed E-state index contributed by atoms with van der Waals surface area (Å²) in [6.07, 6.45) is 2.71. The molecule has 2 atom stereocenters. The Morgan fingerprint density at radius 1 is 1.27 bits per heavy atom. The van der Waals surface area contributed by atoms with Gasteiger partial charge in [-0.2, -0.15) is 0 Å². The molecular weight excluding hydrogens is 192 g/mol. The number of hydrogen-bond donors (Lipinski definition) is 1. The van der Waals surface area contributed by atoms with E-state index in [4.69, 9.17) is 9.47 Å². The van der Waals surface area contributed by atoms with E-state index < -0.39 is 0 Å². The van der Waals surface area contributed by atoms with Crippen LogP contribution >= 0.6 is 0 Å². The van der Waals surface area contributed by atoms with Gasteiger partial charge in [-0.15, -0.1) is 0 Å². The van der Waals surface area contributed by atoms with Crippen LogP contribution in [-0.4, -0.2) is 37.1 Å². The van der Waals surface area contributed by atoms with E-state index in [1.165, 1.54) is 0 Å². The number of rotatable bonds is 6. The second kappa shape index (κ2) is 5.83. The van der Waals surface area contributed by atoms with Gasteiger partial charge in [0.1, 0.15) is 0 Å². The smallest absolute Gasteiger partial charge is 0.0852 e. The molecule has 1 aliphatic carbocycles. The second-order valence-corrected chi connectivity index (χ2v) is 4.99. The summed E-state index contributed by atoms with van der Waals surface area (Å²) in [5, 5.41) is 9.95. The maximum atomic E-state index is 9.95. The van der Waals surface area contributed by atoms with E-state index in [0.29, 0.717) is 13.2 Å². The Labute approximate surface area is 92.8 Å². The minimum absolute atomic E-state index is 0.00484. The lowest BCUT2D eigenvalue weighted by Gasteiger charge is -2.25. The summed E-state index contributed by atoms with van der Waals surface area (Å²) in [4.78, 5) is 0. The van der Waals surface area contributed by atoms with Crippen molar-refractivity contribution in [3.8, 4) is 0 Å². The molecule has 1 fully saturated rings. The van der Waals surface area contributed by atoms with Crippen LogP contribution in [0.3, 0.4) is 0 Å². The van der Waals surface area contributed by atoms with Crippen molar-refractivity contribution in [3.63, 3.8) is 0 Å². The van der Waals surface area contributed by atoms with E-state index in [1.807, 2.05) is 0 Å². The number of aliphatic hydroxyl groups excluding tert-OH is 1. The van der Waals surface area contributed by atoms with Gasteiger partial charge in [-0.3, -0.25) is 0 Å². The van der Waals surface area contributed by atoms with Gasteiger partial charge in [0.2, 0.25) is 0 Å². The standard InChI is InChI=1S/C12H24O3/c1-4-7-14-8-9-15-10-5-6-12(2,3)11(10)13/h10-11,13H,4-9H2,1-3H3. The van der Waals surface area contributed by atoms with E-state index in [0.717, 1.165) is 25.9 Å². The number of ether oxygens (including phenoxy) is 2. The third-order valence-corrected chi connectivity index (χ3v) is 3.13. The Morgan fingerprint density at radius 2 is 2.00 bits per heavy atom. The van der Waals surface area contributed by atoms with Gasteiger partial charge in [0.25, 0.3) is 0 Å². The van der Waals surface area contributed by atoms with Crippen LogP contribution in [0.15, 0.2) is 0 Å². The molecular formula is C12H24O3. The summed E-state index contributed by atoms with van der Waals surface area (Å²) < 4.78 is 10.9. The van der Waals surface area contributed by atoms with Crippen molar-refractivity contribution in [2.45, 2.75) is 52.2 Å². The molecule has 15 heavy (non-hydrogen) atoms. The van der Waals surface area contributed by atoms with Crippen LogP contribution in [0.4, 0.5) is 0 Å². The molecule has 1 saturated carbocycles. The highest BCUT2D eigenvalue weighted by molar-refractivity contribution is 4.91. The summed E-state index contributed by atoms with van der Waals surface area (Å²) in [6, 6.07) is 0. The first kappa shape index (κ1) is 12.9. The van der Waals surface area contributed by atoms with Crippen molar-refractivity contribution >= 4 is 0 Å². The molecule has 1 N–H and O–H groups in total. The molecule has 1 rings (SSSR count). The lowest BCUT2D eigenvalue weighted by molar-refractivity contribution is -0.0642. The minimum atomic E-state index is -0.330. The molecule has 0 amide bonds. The van der Waals surface area contributed by atoms with Crippen molar-refractivity contribution in [3.05, 3.63) is 0 Å². The number of hydrogen-bond acceptors (Lipinski definition) is 3. The van der Waals surface area contributed by atoms with E-state index in [9.17, 15) is 5.11 Å². The molecule has 0 bridgehead atoms. The van der Waals surface area contributed by atoms with Crippen LogP contribution in [0, 0.1) is 5.41 Å². The molecule has 90 valence electrons. The third kappa shape index (κ3) is 3.74. The van der Waals surface area contributed by atoms with Crippen LogP contribution < -0.4 is 0 Å². The Morgan fingerprint density at radius 3 is 2.53 bits per heavy atom. The summed E-state index contributed by atoms with van der Waals surface area (Å²) >= 11 is 0. The Kier molecular flexibility index (Phi) is 5.03. The van der Waals surface area contributed by atoms with Crippen LogP contribution in [0.5, 0.6) is 0 Å². The van der Waals surface area contributed by atoms with Gasteiger partial charge in [-0.25, -0.2) is 0 Å². The minimum Gasteiger partial charge on any atom is -0.390 e. The number of aliphatic hydroxyl groups is 1. The highest BCUT2D eigenvalue weighted by atomic mass is 16.5. The van der Waals surface area contributed by atoms with E-state index >= 15 is 0 Å². The summed E-state index contributed by atoms with van der Waals surface area (Å²) in [5.41, 5.74) is 0.00887. The SMILES string of the molecule is CCCOCCOC1CCC(C)(C)C1O. The van der Waals surface area contributed by atoms with Gasteiger partial charge < -0.3 is 14.6 Å². The topological polar surface area (TPSA) is 38.7 Å². The Balaban J connectivity index is 2.12. The molecule has 0 saturated heterocycles. The van der Waals surface area contributed by atoms with Crippen molar-refractivity contribution in [2.24, 2.45) is 5.41 Å². The molecule has 0 aromatic rings. The fourth-order valence-corrected chi connectivity index (χ4v) is 2.00. The normalized spacial score (nSPS) is 29.6. The van der Waals surface area contributed by atoms with Crippen molar-refractivity contribution < 1.29 is 14.6 Å². The first-order valence-corrected chi connectivity index (χ1v) is 5.95. The Bertz CT molecular complexity index is 180. The zero-order valence-electron chi connectivity index (χ0n) is 10.2. The highest BCUT2D eigenvalue weighted by Crippen LogP contribution is 2.38. The van der Waals surface area contributed by atoms with Crippen LogP contribution in [0.2, 0.25) is 0 Å². The molecule has 0 aromatic heterocycles. The Hall–Kier alpha value is -0.120. The monoisotopic (exact) mass is 216 g/mol. The molecule has 2 unspecified atom stereocenters. The summed E-state index contributed by atoms with van der Waals surface area (Å²) in [5.74, 6) is 0. The average Bonchev–Trinajstić information content (AvgIpc) is 2.44. The van der Waals surface area contributed by atoms with Gasteiger partial charge in [-0.05, 0) is 24.7 Å². The largest absolute Gasteiger partial charge is 0.390 e. The quantitative estimate of drug-likeness (QED) is 0.690. The van der Waals surface area contributed by atoms with E-state index in [-0.39, 0.29) is 17.6 Å². The predicted molar refractivity (Wildman–Crippen MR) is 59.9 cm³/mol. The maximum Gasteiger partial charge on any atom is 0.0852 e. The van der Waals surface area contributed by atoms with Crippen molar-refractivity contribution in [1.29, 1.82) is 0 Å².